The van der Waals surface area contributed by atoms with Crippen molar-refractivity contribution in [1.82, 2.24) is 5.32 Å². The SMILES string of the molecule is C=C(NC(C)C)C(CC)CCC(C)C. The van der Waals surface area contributed by atoms with E-state index in [4.69, 9.17) is 0 Å². The lowest BCUT2D eigenvalue weighted by atomic mass is 9.93. The van der Waals surface area contributed by atoms with Gasteiger partial charge in [0.1, 0.15) is 0 Å². The molecule has 14 heavy (non-hydrogen) atoms. The number of rotatable bonds is 7. The smallest absolute Gasteiger partial charge is 0.0201 e. The second-order valence-corrected chi connectivity index (χ2v) is 4.90. The molecular formula is C13H27N. The highest BCUT2D eigenvalue weighted by Gasteiger charge is 2.11. The van der Waals surface area contributed by atoms with Crippen molar-refractivity contribution in [2.75, 3.05) is 0 Å². The molecule has 0 saturated carbocycles. The van der Waals surface area contributed by atoms with Crippen LogP contribution in [0.5, 0.6) is 0 Å². The maximum Gasteiger partial charge on any atom is 0.0201 e. The van der Waals surface area contributed by atoms with Gasteiger partial charge in [0.15, 0.2) is 0 Å². The van der Waals surface area contributed by atoms with Gasteiger partial charge in [-0.05, 0) is 38.5 Å². The van der Waals surface area contributed by atoms with Gasteiger partial charge in [-0.15, -0.1) is 0 Å². The first-order valence-corrected chi connectivity index (χ1v) is 5.92. The third kappa shape index (κ3) is 6.06. The second-order valence-electron chi connectivity index (χ2n) is 4.90. The van der Waals surface area contributed by atoms with Crippen LogP contribution in [-0.2, 0) is 0 Å². The van der Waals surface area contributed by atoms with E-state index in [2.05, 4.69) is 46.5 Å². The van der Waals surface area contributed by atoms with Crippen LogP contribution in [0.3, 0.4) is 0 Å². The van der Waals surface area contributed by atoms with Crippen LogP contribution in [0.1, 0.15) is 53.9 Å². The number of allylic oxidation sites excluding steroid dienone is 1. The second kappa shape index (κ2) is 6.92. The lowest BCUT2D eigenvalue weighted by Gasteiger charge is -2.22. The average molecular weight is 197 g/mol. The van der Waals surface area contributed by atoms with Crippen LogP contribution in [0.2, 0.25) is 0 Å². The molecule has 0 aliphatic carbocycles. The van der Waals surface area contributed by atoms with Gasteiger partial charge in [-0.3, -0.25) is 0 Å². The van der Waals surface area contributed by atoms with E-state index in [1.165, 1.54) is 25.0 Å². The molecule has 0 aromatic carbocycles. The third-order valence-corrected chi connectivity index (χ3v) is 2.55. The normalized spacial score (nSPS) is 13.4. The monoisotopic (exact) mass is 197 g/mol. The minimum atomic E-state index is 0.510. The van der Waals surface area contributed by atoms with Crippen molar-refractivity contribution in [3.05, 3.63) is 12.3 Å². The van der Waals surface area contributed by atoms with Crippen LogP contribution in [0.4, 0.5) is 0 Å². The molecule has 0 aromatic rings. The van der Waals surface area contributed by atoms with Gasteiger partial charge < -0.3 is 5.32 Å². The Kier molecular flexibility index (Phi) is 6.69. The van der Waals surface area contributed by atoms with Crippen molar-refractivity contribution < 1.29 is 0 Å². The molecule has 0 bridgehead atoms. The number of hydrogen-bond donors (Lipinski definition) is 1. The summed E-state index contributed by atoms with van der Waals surface area (Å²) in [7, 11) is 0. The molecule has 0 fully saturated rings. The van der Waals surface area contributed by atoms with Gasteiger partial charge in [-0.2, -0.15) is 0 Å². The van der Waals surface area contributed by atoms with Gasteiger partial charge in [0.25, 0.3) is 0 Å². The van der Waals surface area contributed by atoms with E-state index in [0.717, 1.165) is 5.92 Å². The molecule has 1 heteroatoms. The highest BCUT2D eigenvalue weighted by molar-refractivity contribution is 4.98. The van der Waals surface area contributed by atoms with Crippen molar-refractivity contribution in [3.8, 4) is 0 Å². The van der Waals surface area contributed by atoms with Crippen molar-refractivity contribution in [2.45, 2.75) is 59.9 Å². The van der Waals surface area contributed by atoms with Crippen molar-refractivity contribution >= 4 is 0 Å². The van der Waals surface area contributed by atoms with Crippen LogP contribution in [-0.4, -0.2) is 6.04 Å². The molecule has 1 N–H and O–H groups in total. The van der Waals surface area contributed by atoms with E-state index < -0.39 is 0 Å². The molecule has 1 nitrogen and oxygen atoms in total. The molecule has 0 aliphatic heterocycles. The standard InChI is InChI=1S/C13H27N/c1-7-13(9-8-10(2)3)12(6)14-11(4)5/h10-11,13-14H,6-9H2,1-5H3. The molecule has 0 heterocycles. The Morgan fingerprint density at radius 1 is 1.14 bits per heavy atom. The Labute approximate surface area is 90.0 Å². The maximum absolute atomic E-state index is 4.13. The topological polar surface area (TPSA) is 12.0 Å². The van der Waals surface area contributed by atoms with Gasteiger partial charge in [0.05, 0.1) is 0 Å². The summed E-state index contributed by atoms with van der Waals surface area (Å²) in [5, 5.41) is 3.42. The third-order valence-electron chi connectivity index (χ3n) is 2.55. The van der Waals surface area contributed by atoms with E-state index >= 15 is 0 Å². The van der Waals surface area contributed by atoms with Crippen LogP contribution >= 0.6 is 0 Å². The summed E-state index contributed by atoms with van der Waals surface area (Å²) in [4.78, 5) is 0. The molecule has 84 valence electrons. The number of hydrogen-bond acceptors (Lipinski definition) is 1. The Bertz CT molecular complexity index is 159. The zero-order valence-electron chi connectivity index (χ0n) is 10.6. The molecule has 0 spiro atoms. The predicted octanol–water partition coefficient (Wildman–Crippen LogP) is 3.96. The van der Waals surface area contributed by atoms with Crippen LogP contribution in [0.15, 0.2) is 12.3 Å². The van der Waals surface area contributed by atoms with Gasteiger partial charge in [0.2, 0.25) is 0 Å². The first-order chi connectivity index (χ1) is 6.47. The molecule has 0 radical (unpaired) electrons. The van der Waals surface area contributed by atoms with E-state index in [9.17, 15) is 0 Å². The van der Waals surface area contributed by atoms with Crippen molar-refractivity contribution in [1.29, 1.82) is 0 Å². The molecule has 0 saturated heterocycles. The fourth-order valence-electron chi connectivity index (χ4n) is 1.65. The number of nitrogens with one attached hydrogen (secondary N) is 1. The molecule has 0 aromatic heterocycles. The summed E-state index contributed by atoms with van der Waals surface area (Å²) in [5.74, 6) is 1.45. The Morgan fingerprint density at radius 2 is 1.71 bits per heavy atom. The Morgan fingerprint density at radius 3 is 2.07 bits per heavy atom. The van der Waals surface area contributed by atoms with E-state index in [0.29, 0.717) is 12.0 Å². The molecule has 1 atom stereocenters. The first-order valence-electron chi connectivity index (χ1n) is 5.92. The quantitative estimate of drug-likeness (QED) is 0.651. The largest absolute Gasteiger partial charge is 0.386 e. The van der Waals surface area contributed by atoms with Gasteiger partial charge >= 0.3 is 0 Å². The summed E-state index contributed by atoms with van der Waals surface area (Å²) in [5.41, 5.74) is 1.23. The Hall–Kier alpha value is -0.460. The highest BCUT2D eigenvalue weighted by atomic mass is 14.9. The molecule has 0 rings (SSSR count). The zero-order valence-corrected chi connectivity index (χ0v) is 10.6. The first kappa shape index (κ1) is 13.5. The van der Waals surface area contributed by atoms with Gasteiger partial charge in [-0.25, -0.2) is 0 Å². The fourth-order valence-corrected chi connectivity index (χ4v) is 1.65. The fraction of sp³-hybridized carbons (Fsp3) is 0.846. The molecule has 1 unspecified atom stereocenters. The Balaban J connectivity index is 3.93. The molecular weight excluding hydrogens is 170 g/mol. The minimum absolute atomic E-state index is 0.510. The van der Waals surface area contributed by atoms with Gasteiger partial charge in [-0.1, -0.05) is 33.8 Å². The van der Waals surface area contributed by atoms with Crippen LogP contribution in [0.25, 0.3) is 0 Å². The summed E-state index contributed by atoms with van der Waals surface area (Å²) in [6.45, 7) is 15.3. The summed E-state index contributed by atoms with van der Waals surface area (Å²) in [6, 6.07) is 0.510. The van der Waals surface area contributed by atoms with Crippen molar-refractivity contribution in [2.24, 2.45) is 11.8 Å². The summed E-state index contributed by atoms with van der Waals surface area (Å²) >= 11 is 0. The van der Waals surface area contributed by atoms with Gasteiger partial charge in [0, 0.05) is 11.7 Å². The predicted molar refractivity (Wildman–Crippen MR) is 65.3 cm³/mol. The van der Waals surface area contributed by atoms with Crippen LogP contribution in [0, 0.1) is 11.8 Å². The lowest BCUT2D eigenvalue weighted by Crippen LogP contribution is -2.26. The highest BCUT2D eigenvalue weighted by Crippen LogP contribution is 2.20. The lowest BCUT2D eigenvalue weighted by molar-refractivity contribution is 0.431. The zero-order chi connectivity index (χ0) is 11.1. The summed E-state index contributed by atoms with van der Waals surface area (Å²) < 4.78 is 0. The van der Waals surface area contributed by atoms with E-state index in [-0.39, 0.29) is 0 Å². The van der Waals surface area contributed by atoms with Crippen LogP contribution < -0.4 is 5.32 Å². The average Bonchev–Trinajstić information content (AvgIpc) is 2.03. The summed E-state index contributed by atoms with van der Waals surface area (Å²) in [6.07, 6.45) is 3.77. The minimum Gasteiger partial charge on any atom is -0.386 e. The van der Waals surface area contributed by atoms with E-state index in [1.54, 1.807) is 0 Å². The van der Waals surface area contributed by atoms with Crippen molar-refractivity contribution in [3.63, 3.8) is 0 Å². The van der Waals surface area contributed by atoms with E-state index in [1.807, 2.05) is 0 Å². The maximum atomic E-state index is 4.13. The molecule has 0 amide bonds. The molecule has 0 aliphatic rings.